The summed E-state index contributed by atoms with van der Waals surface area (Å²) in [6.07, 6.45) is 12.3. The van der Waals surface area contributed by atoms with Crippen LogP contribution in [0.2, 0.25) is 0 Å². The van der Waals surface area contributed by atoms with E-state index in [-0.39, 0.29) is 5.82 Å². The fourth-order valence-corrected chi connectivity index (χ4v) is 5.13. The first-order chi connectivity index (χ1) is 15.6. The molecule has 0 heterocycles. The molecule has 166 valence electrons. The van der Waals surface area contributed by atoms with Crippen LogP contribution in [-0.4, -0.2) is 0 Å². The molecule has 0 radical (unpaired) electrons. The second-order valence-electron chi connectivity index (χ2n) is 9.59. The third-order valence-corrected chi connectivity index (χ3v) is 7.15. The lowest BCUT2D eigenvalue weighted by atomic mass is 9.77. The summed E-state index contributed by atoms with van der Waals surface area (Å²) in [6.45, 7) is 4.31. The lowest BCUT2D eigenvalue weighted by Gasteiger charge is -2.29. The Kier molecular flexibility index (Phi) is 7.64. The predicted molar refractivity (Wildman–Crippen MR) is 135 cm³/mol. The van der Waals surface area contributed by atoms with E-state index < -0.39 is 0 Å². The van der Waals surface area contributed by atoms with Crippen molar-refractivity contribution < 1.29 is 4.39 Å². The topological polar surface area (TPSA) is 0 Å². The zero-order valence-electron chi connectivity index (χ0n) is 19.6. The van der Waals surface area contributed by atoms with Crippen molar-refractivity contribution in [1.82, 2.24) is 0 Å². The summed E-state index contributed by atoms with van der Waals surface area (Å²) in [4.78, 5) is 0. The van der Waals surface area contributed by atoms with Crippen LogP contribution in [0.3, 0.4) is 0 Å². The van der Waals surface area contributed by atoms with Gasteiger partial charge in [-0.15, -0.1) is 0 Å². The maximum atomic E-state index is 14.9. The van der Waals surface area contributed by atoms with E-state index in [1.54, 1.807) is 6.07 Å². The molecule has 3 aromatic rings. The summed E-state index contributed by atoms with van der Waals surface area (Å²) in [5.74, 6) is 7.60. The predicted octanol–water partition coefficient (Wildman–Crippen LogP) is 8.93. The Morgan fingerprint density at radius 3 is 2.38 bits per heavy atom. The molecule has 0 nitrogen and oxygen atoms in total. The van der Waals surface area contributed by atoms with E-state index in [1.165, 1.54) is 63.4 Å². The van der Waals surface area contributed by atoms with Gasteiger partial charge in [0.05, 0.1) is 5.56 Å². The number of unbranched alkanes of at least 4 members (excludes halogenated alkanes) is 3. The Bertz CT molecular complexity index is 1090. The van der Waals surface area contributed by atoms with Crippen molar-refractivity contribution in [1.29, 1.82) is 0 Å². The smallest absolute Gasteiger partial charge is 0.146 e. The van der Waals surface area contributed by atoms with Crippen molar-refractivity contribution in [3.8, 4) is 11.8 Å². The molecule has 32 heavy (non-hydrogen) atoms. The van der Waals surface area contributed by atoms with Crippen LogP contribution in [0.5, 0.6) is 0 Å². The van der Waals surface area contributed by atoms with Gasteiger partial charge in [0.1, 0.15) is 5.82 Å². The second kappa shape index (κ2) is 10.8. The van der Waals surface area contributed by atoms with Gasteiger partial charge in [0, 0.05) is 10.9 Å². The van der Waals surface area contributed by atoms with E-state index in [0.717, 1.165) is 22.4 Å². The molecule has 1 aliphatic rings. The molecule has 3 aromatic carbocycles. The average Bonchev–Trinajstić information content (AvgIpc) is 2.82. The quantitative estimate of drug-likeness (QED) is 0.272. The van der Waals surface area contributed by atoms with E-state index >= 15 is 0 Å². The summed E-state index contributed by atoms with van der Waals surface area (Å²) >= 11 is 0. The standard InChI is InChI=1S/C31H35F/c1-3-4-5-6-7-24-9-14-26(15-10-24)27-16-11-25(12-17-27)13-18-28-19-20-29-22-23(2)8-21-30(29)31(28)32/h8,11-12,16-17,19-22,24,26H,3-7,9-10,14-15H2,1-2H3. The molecule has 1 fully saturated rings. The minimum absolute atomic E-state index is 0.224. The van der Waals surface area contributed by atoms with Crippen molar-refractivity contribution in [3.05, 3.63) is 82.7 Å². The van der Waals surface area contributed by atoms with Crippen molar-refractivity contribution in [2.75, 3.05) is 0 Å². The van der Waals surface area contributed by atoms with Gasteiger partial charge in [-0.1, -0.05) is 92.8 Å². The first-order valence-corrected chi connectivity index (χ1v) is 12.4. The van der Waals surface area contributed by atoms with Gasteiger partial charge in [0.25, 0.3) is 0 Å². The van der Waals surface area contributed by atoms with Gasteiger partial charge in [0.2, 0.25) is 0 Å². The number of rotatable bonds is 6. The zero-order chi connectivity index (χ0) is 22.3. The van der Waals surface area contributed by atoms with E-state index in [4.69, 9.17) is 0 Å². The van der Waals surface area contributed by atoms with Crippen molar-refractivity contribution >= 4 is 10.8 Å². The highest BCUT2D eigenvalue weighted by Gasteiger charge is 2.21. The van der Waals surface area contributed by atoms with E-state index in [1.807, 2.05) is 31.2 Å². The van der Waals surface area contributed by atoms with Gasteiger partial charge < -0.3 is 0 Å². The highest BCUT2D eigenvalue weighted by Crippen LogP contribution is 2.37. The summed E-state index contributed by atoms with van der Waals surface area (Å²) < 4.78 is 14.9. The number of aryl methyl sites for hydroxylation is 1. The molecular weight excluding hydrogens is 391 g/mol. The second-order valence-corrected chi connectivity index (χ2v) is 9.59. The molecule has 0 bridgehead atoms. The number of halogens is 1. The Labute approximate surface area is 193 Å². The molecule has 0 spiro atoms. The maximum absolute atomic E-state index is 14.9. The van der Waals surface area contributed by atoms with Crippen LogP contribution in [-0.2, 0) is 0 Å². The largest absolute Gasteiger partial charge is 0.205 e. The summed E-state index contributed by atoms with van der Waals surface area (Å²) in [6, 6.07) is 18.2. The molecule has 1 aliphatic carbocycles. The molecular formula is C31H35F. The number of fused-ring (bicyclic) bond motifs is 1. The Hall–Kier alpha value is -2.59. The lowest BCUT2D eigenvalue weighted by Crippen LogP contribution is -2.13. The highest BCUT2D eigenvalue weighted by atomic mass is 19.1. The maximum Gasteiger partial charge on any atom is 0.146 e. The molecule has 0 aliphatic heterocycles. The highest BCUT2D eigenvalue weighted by molar-refractivity contribution is 5.85. The van der Waals surface area contributed by atoms with E-state index in [0.29, 0.717) is 16.9 Å². The summed E-state index contributed by atoms with van der Waals surface area (Å²) in [5, 5.41) is 1.56. The van der Waals surface area contributed by atoms with Gasteiger partial charge in [-0.3, -0.25) is 0 Å². The first-order valence-electron chi connectivity index (χ1n) is 12.4. The van der Waals surface area contributed by atoms with Crippen LogP contribution in [0.4, 0.5) is 4.39 Å². The van der Waals surface area contributed by atoms with Gasteiger partial charge in [-0.05, 0) is 73.6 Å². The van der Waals surface area contributed by atoms with Crippen LogP contribution in [0.25, 0.3) is 10.8 Å². The van der Waals surface area contributed by atoms with Gasteiger partial charge >= 0.3 is 0 Å². The molecule has 0 aromatic heterocycles. The number of hydrogen-bond acceptors (Lipinski definition) is 0. The van der Waals surface area contributed by atoms with Crippen LogP contribution in [0, 0.1) is 30.5 Å². The SMILES string of the molecule is CCCCCCC1CCC(c2ccc(C#Cc3ccc4cc(C)ccc4c3F)cc2)CC1. The molecule has 0 saturated heterocycles. The molecule has 0 N–H and O–H groups in total. The molecule has 1 heteroatoms. The fourth-order valence-electron chi connectivity index (χ4n) is 5.13. The third-order valence-electron chi connectivity index (χ3n) is 7.15. The molecule has 4 rings (SSSR count). The summed E-state index contributed by atoms with van der Waals surface area (Å²) in [7, 11) is 0. The van der Waals surface area contributed by atoms with Gasteiger partial charge in [-0.25, -0.2) is 4.39 Å². The van der Waals surface area contributed by atoms with Crippen LogP contribution in [0.15, 0.2) is 54.6 Å². The normalized spacial score (nSPS) is 18.3. The summed E-state index contributed by atoms with van der Waals surface area (Å²) in [5.41, 5.74) is 3.98. The number of hydrogen-bond donors (Lipinski definition) is 0. The van der Waals surface area contributed by atoms with Gasteiger partial charge in [-0.2, -0.15) is 0 Å². The van der Waals surface area contributed by atoms with Crippen LogP contribution in [0.1, 0.15) is 92.9 Å². The molecule has 1 saturated carbocycles. The zero-order valence-corrected chi connectivity index (χ0v) is 19.6. The van der Waals surface area contributed by atoms with Crippen molar-refractivity contribution in [2.24, 2.45) is 5.92 Å². The number of benzene rings is 3. The minimum Gasteiger partial charge on any atom is -0.205 e. The molecule has 0 amide bonds. The Balaban J connectivity index is 1.36. The Morgan fingerprint density at radius 2 is 1.62 bits per heavy atom. The van der Waals surface area contributed by atoms with Crippen LogP contribution < -0.4 is 0 Å². The van der Waals surface area contributed by atoms with Gasteiger partial charge in [0.15, 0.2) is 0 Å². The fraction of sp³-hybridized carbons (Fsp3) is 0.419. The first kappa shape index (κ1) is 22.6. The lowest BCUT2D eigenvalue weighted by molar-refractivity contribution is 0.302. The average molecular weight is 427 g/mol. The molecule has 0 atom stereocenters. The van der Waals surface area contributed by atoms with E-state index in [9.17, 15) is 4.39 Å². The van der Waals surface area contributed by atoms with Crippen LogP contribution >= 0.6 is 0 Å². The monoisotopic (exact) mass is 426 g/mol. The van der Waals surface area contributed by atoms with Crippen molar-refractivity contribution in [2.45, 2.75) is 77.6 Å². The Morgan fingerprint density at radius 1 is 0.844 bits per heavy atom. The van der Waals surface area contributed by atoms with Crippen molar-refractivity contribution in [3.63, 3.8) is 0 Å². The molecule has 0 unspecified atom stereocenters. The van der Waals surface area contributed by atoms with E-state index in [2.05, 4.69) is 43.0 Å². The minimum atomic E-state index is -0.224. The third kappa shape index (κ3) is 5.60.